The minimum Gasteiger partial charge on any atom is -0.467 e. The molecule has 1 aromatic carbocycles. The molecular weight excluding hydrogens is 402 g/mol. The minimum atomic E-state index is -0.724. The fourth-order valence-electron chi connectivity index (χ4n) is 3.77. The maximum absolute atomic E-state index is 12.7. The van der Waals surface area contributed by atoms with E-state index in [1.807, 2.05) is 35.8 Å². The molecule has 0 spiro atoms. The quantitative estimate of drug-likeness (QED) is 0.557. The van der Waals surface area contributed by atoms with Gasteiger partial charge in [-0.25, -0.2) is 9.78 Å². The third kappa shape index (κ3) is 4.63. The van der Waals surface area contributed by atoms with Crippen molar-refractivity contribution in [1.29, 1.82) is 0 Å². The molecule has 1 unspecified atom stereocenters. The second-order valence-corrected chi connectivity index (χ2v) is 8.16. The number of fused-ring (bicyclic) bond motifs is 1. The number of carbonyl (C=O) groups excluding carboxylic acids is 2. The summed E-state index contributed by atoms with van der Waals surface area (Å²) in [5, 5.41) is 6.89. The first kappa shape index (κ1) is 20.4. The Balaban J connectivity index is 1.34. The molecule has 1 aliphatic heterocycles. The Hall–Kier alpha value is -2.91. The van der Waals surface area contributed by atoms with Crippen LogP contribution in [0.2, 0.25) is 0 Å². The lowest BCUT2D eigenvalue weighted by molar-refractivity contribution is -0.145. The van der Waals surface area contributed by atoms with Crippen LogP contribution in [0.5, 0.6) is 0 Å². The van der Waals surface area contributed by atoms with Crippen LogP contribution in [-0.4, -0.2) is 72.6 Å². The van der Waals surface area contributed by atoms with E-state index >= 15 is 0 Å². The summed E-state index contributed by atoms with van der Waals surface area (Å²) < 4.78 is 4.93. The van der Waals surface area contributed by atoms with Gasteiger partial charge in [-0.3, -0.25) is 9.69 Å². The molecule has 0 aliphatic carbocycles. The lowest BCUT2D eigenvalue weighted by Gasteiger charge is -2.34. The maximum atomic E-state index is 12.7. The summed E-state index contributed by atoms with van der Waals surface area (Å²) >= 11 is 1.62. The Morgan fingerprint density at radius 1 is 1.27 bits per heavy atom. The van der Waals surface area contributed by atoms with Crippen molar-refractivity contribution < 1.29 is 14.3 Å². The Morgan fingerprint density at radius 2 is 2.07 bits per heavy atom. The topological polar surface area (TPSA) is 90.6 Å². The van der Waals surface area contributed by atoms with Crippen LogP contribution < -0.4 is 10.2 Å². The van der Waals surface area contributed by atoms with Gasteiger partial charge in [0.25, 0.3) is 0 Å². The number of H-pyrrole nitrogens is 1. The predicted molar refractivity (Wildman–Crippen MR) is 117 cm³/mol. The largest absolute Gasteiger partial charge is 0.467 e. The zero-order valence-electron chi connectivity index (χ0n) is 16.8. The van der Waals surface area contributed by atoms with Crippen molar-refractivity contribution in [1.82, 2.24) is 20.2 Å². The standard InChI is InChI=1S/C21H25N5O3S/c1-29-20(28)18(12-15-13-23-17-5-3-2-4-16(15)17)24-19(27)14-25-7-9-26(10-8-25)21-22-6-11-30-21/h2-6,11,13,18,23H,7-10,12,14H2,1H3,(H,24,27). The van der Waals surface area contributed by atoms with E-state index in [0.717, 1.165) is 47.8 Å². The zero-order chi connectivity index (χ0) is 20.9. The molecule has 1 saturated heterocycles. The van der Waals surface area contributed by atoms with Gasteiger partial charge in [0.05, 0.1) is 13.7 Å². The summed E-state index contributed by atoms with van der Waals surface area (Å²) in [5.74, 6) is -0.616. The molecule has 0 saturated carbocycles. The number of aromatic amines is 1. The van der Waals surface area contributed by atoms with Gasteiger partial charge < -0.3 is 19.9 Å². The highest BCUT2D eigenvalue weighted by molar-refractivity contribution is 7.13. The summed E-state index contributed by atoms with van der Waals surface area (Å²) in [7, 11) is 1.34. The number of piperazine rings is 1. The molecular formula is C21H25N5O3S. The fourth-order valence-corrected chi connectivity index (χ4v) is 4.47. The number of nitrogens with zero attached hydrogens (tertiary/aromatic N) is 3. The van der Waals surface area contributed by atoms with Gasteiger partial charge >= 0.3 is 5.97 Å². The normalized spacial score (nSPS) is 15.8. The first-order valence-electron chi connectivity index (χ1n) is 9.93. The van der Waals surface area contributed by atoms with E-state index in [1.165, 1.54) is 7.11 Å². The van der Waals surface area contributed by atoms with E-state index in [0.29, 0.717) is 6.42 Å². The van der Waals surface area contributed by atoms with Crippen LogP contribution >= 0.6 is 11.3 Å². The average molecular weight is 428 g/mol. The van der Waals surface area contributed by atoms with Crippen LogP contribution in [0.3, 0.4) is 0 Å². The number of anilines is 1. The fraction of sp³-hybridized carbons (Fsp3) is 0.381. The third-order valence-corrected chi connectivity index (χ3v) is 6.18. The first-order valence-corrected chi connectivity index (χ1v) is 10.8. The molecule has 2 aromatic heterocycles. The van der Waals surface area contributed by atoms with E-state index in [-0.39, 0.29) is 12.5 Å². The number of hydrogen-bond donors (Lipinski definition) is 2. The highest BCUT2D eigenvalue weighted by Crippen LogP contribution is 2.20. The van der Waals surface area contributed by atoms with Crippen molar-refractivity contribution in [3.8, 4) is 0 Å². The van der Waals surface area contributed by atoms with Gasteiger partial charge in [-0.05, 0) is 11.6 Å². The number of nitrogens with one attached hydrogen (secondary N) is 2. The Morgan fingerprint density at radius 3 is 2.80 bits per heavy atom. The van der Waals surface area contributed by atoms with Gasteiger partial charge in [0.1, 0.15) is 6.04 Å². The molecule has 2 N–H and O–H groups in total. The molecule has 9 heteroatoms. The van der Waals surface area contributed by atoms with Crippen molar-refractivity contribution >= 4 is 39.2 Å². The highest BCUT2D eigenvalue weighted by Gasteiger charge is 2.25. The number of rotatable bonds is 7. The Labute approximate surface area is 178 Å². The zero-order valence-corrected chi connectivity index (χ0v) is 17.7. The van der Waals surface area contributed by atoms with Crippen molar-refractivity contribution in [3.63, 3.8) is 0 Å². The molecule has 3 heterocycles. The van der Waals surface area contributed by atoms with E-state index in [1.54, 1.807) is 17.5 Å². The van der Waals surface area contributed by atoms with E-state index in [9.17, 15) is 9.59 Å². The van der Waals surface area contributed by atoms with Crippen LogP contribution in [0.1, 0.15) is 5.56 Å². The average Bonchev–Trinajstić information content (AvgIpc) is 3.44. The molecule has 1 aliphatic rings. The molecule has 1 atom stereocenters. The molecule has 30 heavy (non-hydrogen) atoms. The summed E-state index contributed by atoms with van der Waals surface area (Å²) in [6, 6.07) is 7.17. The van der Waals surface area contributed by atoms with Crippen molar-refractivity contribution in [2.75, 3.05) is 44.7 Å². The van der Waals surface area contributed by atoms with Gasteiger partial charge in [-0.2, -0.15) is 0 Å². The predicted octanol–water partition coefficient (Wildman–Crippen LogP) is 1.65. The maximum Gasteiger partial charge on any atom is 0.328 e. The van der Waals surface area contributed by atoms with Gasteiger partial charge in [-0.15, -0.1) is 11.3 Å². The van der Waals surface area contributed by atoms with Gasteiger partial charge in [0.15, 0.2) is 5.13 Å². The van der Waals surface area contributed by atoms with Gasteiger partial charge in [0, 0.05) is 61.3 Å². The van der Waals surface area contributed by atoms with Gasteiger partial charge in [-0.1, -0.05) is 18.2 Å². The molecule has 158 valence electrons. The van der Waals surface area contributed by atoms with E-state index < -0.39 is 12.0 Å². The molecule has 8 nitrogen and oxygen atoms in total. The van der Waals surface area contributed by atoms with Gasteiger partial charge in [0.2, 0.25) is 5.91 Å². The number of aromatic nitrogens is 2. The lowest BCUT2D eigenvalue weighted by Crippen LogP contribution is -2.52. The minimum absolute atomic E-state index is 0.173. The second kappa shape index (κ2) is 9.27. The summed E-state index contributed by atoms with van der Waals surface area (Å²) in [5.41, 5.74) is 1.97. The SMILES string of the molecule is COC(=O)C(Cc1c[nH]c2ccccc12)NC(=O)CN1CCN(c2nccs2)CC1. The second-order valence-electron chi connectivity index (χ2n) is 7.28. The number of thiazole rings is 1. The Kier molecular flexibility index (Phi) is 6.29. The number of para-hydroxylation sites is 1. The molecule has 0 bridgehead atoms. The molecule has 3 aromatic rings. The van der Waals surface area contributed by atoms with Crippen molar-refractivity contribution in [2.45, 2.75) is 12.5 Å². The lowest BCUT2D eigenvalue weighted by atomic mass is 10.0. The number of methoxy groups -OCH3 is 1. The highest BCUT2D eigenvalue weighted by atomic mass is 32.1. The van der Waals surface area contributed by atoms with Crippen molar-refractivity contribution in [3.05, 3.63) is 47.6 Å². The molecule has 4 rings (SSSR count). The van der Waals surface area contributed by atoms with Crippen LogP contribution in [0.4, 0.5) is 5.13 Å². The van der Waals surface area contributed by atoms with E-state index in [2.05, 4.69) is 25.1 Å². The first-order chi connectivity index (χ1) is 14.6. The molecule has 1 fully saturated rings. The van der Waals surface area contributed by atoms with E-state index in [4.69, 9.17) is 4.74 Å². The summed E-state index contributed by atoms with van der Waals surface area (Å²) in [6.45, 7) is 3.47. The molecule has 0 radical (unpaired) electrons. The monoisotopic (exact) mass is 427 g/mol. The van der Waals surface area contributed by atoms with Crippen molar-refractivity contribution in [2.24, 2.45) is 0 Å². The van der Waals surface area contributed by atoms with Crippen LogP contribution in [0.15, 0.2) is 42.0 Å². The third-order valence-electron chi connectivity index (χ3n) is 5.35. The summed E-state index contributed by atoms with van der Waals surface area (Å²) in [6.07, 6.45) is 4.06. The molecule has 1 amide bonds. The number of esters is 1. The number of hydrogen-bond acceptors (Lipinski definition) is 7. The Bertz CT molecular complexity index is 995. The van der Waals surface area contributed by atoms with Crippen LogP contribution in [0.25, 0.3) is 10.9 Å². The van der Waals surface area contributed by atoms with Crippen LogP contribution in [-0.2, 0) is 20.7 Å². The number of carbonyl (C=O) groups is 2. The number of amides is 1. The number of benzene rings is 1. The summed E-state index contributed by atoms with van der Waals surface area (Å²) in [4.78, 5) is 36.8. The smallest absolute Gasteiger partial charge is 0.328 e. The van der Waals surface area contributed by atoms with Crippen LogP contribution in [0, 0.1) is 0 Å². The number of ether oxygens (including phenoxy) is 1.